The maximum Gasteiger partial charge on any atom is 0.136 e. The Hall–Kier alpha value is -7.16. The lowest BCUT2D eigenvalue weighted by Crippen LogP contribution is -2.16. The Bertz CT molecular complexity index is 3150. The van der Waals surface area contributed by atoms with Crippen molar-refractivity contribution in [1.82, 2.24) is 0 Å². The zero-order chi connectivity index (χ0) is 38.1. The number of hydrogen-bond donors (Lipinski definition) is 0. The molecule has 2 heteroatoms. The lowest BCUT2D eigenvalue weighted by molar-refractivity contribution is 0.660. The smallest absolute Gasteiger partial charge is 0.136 e. The second kappa shape index (κ2) is 13.0. The number of nitrogens with zero attached hydrogens (tertiary/aromatic N) is 1. The SMILES string of the molecule is CC1(C)c2ccccc2-c2ccc(N(c3ccc(-c4cccc(-c5ccccc5)c4)cc3)c3ccccc3-c3cccc4oc5cc6ccccc6cc5c34)cc21. The van der Waals surface area contributed by atoms with Crippen molar-refractivity contribution >= 4 is 49.8 Å². The summed E-state index contributed by atoms with van der Waals surface area (Å²) in [4.78, 5) is 2.44. The van der Waals surface area contributed by atoms with Crippen LogP contribution in [0, 0.1) is 0 Å². The molecule has 0 saturated heterocycles. The van der Waals surface area contributed by atoms with Crippen molar-refractivity contribution in [1.29, 1.82) is 0 Å². The zero-order valence-corrected chi connectivity index (χ0v) is 31.9. The van der Waals surface area contributed by atoms with Crippen LogP contribution in [0.25, 0.3) is 77.2 Å². The van der Waals surface area contributed by atoms with Crippen LogP contribution < -0.4 is 4.90 Å². The van der Waals surface area contributed by atoms with E-state index in [0.717, 1.165) is 50.1 Å². The van der Waals surface area contributed by atoms with Crippen LogP contribution in [0.3, 0.4) is 0 Å². The van der Waals surface area contributed by atoms with Crippen LogP contribution in [0.4, 0.5) is 17.1 Å². The van der Waals surface area contributed by atoms with E-state index < -0.39 is 0 Å². The Morgan fingerprint density at radius 3 is 1.79 bits per heavy atom. The third kappa shape index (κ3) is 5.40. The van der Waals surface area contributed by atoms with Crippen molar-refractivity contribution in [2.75, 3.05) is 4.90 Å². The van der Waals surface area contributed by atoms with Crippen LogP contribution in [0.15, 0.2) is 205 Å². The van der Waals surface area contributed by atoms with Gasteiger partial charge >= 0.3 is 0 Å². The molecule has 11 rings (SSSR count). The number of anilines is 3. The maximum absolute atomic E-state index is 6.57. The van der Waals surface area contributed by atoms with Crippen molar-refractivity contribution < 1.29 is 4.42 Å². The second-order valence-electron chi connectivity index (χ2n) is 15.7. The third-order valence-corrected chi connectivity index (χ3v) is 12.1. The molecule has 57 heavy (non-hydrogen) atoms. The summed E-state index contributed by atoms with van der Waals surface area (Å²) in [5.41, 5.74) is 17.4. The monoisotopic (exact) mass is 729 g/mol. The van der Waals surface area contributed by atoms with E-state index in [2.05, 4.69) is 219 Å². The molecular weight excluding hydrogens is 691 g/mol. The molecule has 9 aromatic carbocycles. The number of hydrogen-bond acceptors (Lipinski definition) is 2. The Morgan fingerprint density at radius 2 is 0.982 bits per heavy atom. The largest absolute Gasteiger partial charge is 0.456 e. The van der Waals surface area contributed by atoms with Gasteiger partial charge < -0.3 is 9.32 Å². The van der Waals surface area contributed by atoms with Gasteiger partial charge in [-0.05, 0) is 115 Å². The fourth-order valence-corrected chi connectivity index (χ4v) is 9.20. The minimum atomic E-state index is -0.134. The van der Waals surface area contributed by atoms with Crippen molar-refractivity contribution in [3.05, 3.63) is 211 Å². The molecule has 0 atom stereocenters. The van der Waals surface area contributed by atoms with Gasteiger partial charge in [-0.3, -0.25) is 0 Å². The molecule has 0 unspecified atom stereocenters. The first kappa shape index (κ1) is 33.2. The minimum absolute atomic E-state index is 0.134. The van der Waals surface area contributed by atoms with E-state index in [1.807, 2.05) is 0 Å². The highest BCUT2D eigenvalue weighted by Gasteiger charge is 2.36. The molecule has 1 aliphatic rings. The molecule has 2 nitrogen and oxygen atoms in total. The molecule has 1 heterocycles. The lowest BCUT2D eigenvalue weighted by Gasteiger charge is -2.30. The average Bonchev–Trinajstić information content (AvgIpc) is 3.74. The van der Waals surface area contributed by atoms with E-state index in [9.17, 15) is 0 Å². The normalized spacial score (nSPS) is 12.9. The van der Waals surface area contributed by atoms with Gasteiger partial charge in [0.1, 0.15) is 11.2 Å². The first-order valence-electron chi connectivity index (χ1n) is 19.8. The zero-order valence-electron chi connectivity index (χ0n) is 31.9. The van der Waals surface area contributed by atoms with E-state index in [4.69, 9.17) is 4.42 Å². The molecule has 0 saturated carbocycles. The molecule has 0 bridgehead atoms. The highest BCUT2D eigenvalue weighted by Crippen LogP contribution is 2.52. The van der Waals surface area contributed by atoms with Crippen molar-refractivity contribution in [3.8, 4) is 44.5 Å². The summed E-state index contributed by atoms with van der Waals surface area (Å²) in [7, 11) is 0. The molecular formula is C55H39NO. The molecule has 1 aliphatic carbocycles. The summed E-state index contributed by atoms with van der Waals surface area (Å²) in [5.74, 6) is 0. The van der Waals surface area contributed by atoms with Gasteiger partial charge in [0.15, 0.2) is 0 Å². The molecule has 0 N–H and O–H groups in total. The summed E-state index contributed by atoms with van der Waals surface area (Å²) in [6.07, 6.45) is 0. The van der Waals surface area contributed by atoms with E-state index in [1.165, 1.54) is 55.3 Å². The van der Waals surface area contributed by atoms with Gasteiger partial charge in [0, 0.05) is 33.1 Å². The van der Waals surface area contributed by atoms with Crippen molar-refractivity contribution in [3.63, 3.8) is 0 Å². The molecule has 0 amide bonds. The summed E-state index contributed by atoms with van der Waals surface area (Å²) in [5, 5.41) is 4.63. The van der Waals surface area contributed by atoms with Crippen LogP contribution >= 0.6 is 0 Å². The number of para-hydroxylation sites is 1. The Labute approximate surface area is 332 Å². The quantitative estimate of drug-likeness (QED) is 0.169. The Kier molecular flexibility index (Phi) is 7.55. The molecule has 10 aromatic rings. The Balaban J connectivity index is 1.10. The molecule has 270 valence electrons. The predicted molar refractivity (Wildman–Crippen MR) is 240 cm³/mol. The van der Waals surface area contributed by atoms with Gasteiger partial charge in [-0.1, -0.05) is 159 Å². The van der Waals surface area contributed by atoms with Crippen LogP contribution in [0.1, 0.15) is 25.0 Å². The number of benzene rings is 9. The van der Waals surface area contributed by atoms with Crippen LogP contribution in [0.5, 0.6) is 0 Å². The fraction of sp³-hybridized carbons (Fsp3) is 0.0545. The molecule has 1 aromatic heterocycles. The van der Waals surface area contributed by atoms with Crippen LogP contribution in [-0.2, 0) is 5.41 Å². The minimum Gasteiger partial charge on any atom is -0.456 e. The number of furan rings is 1. The van der Waals surface area contributed by atoms with Crippen LogP contribution in [-0.4, -0.2) is 0 Å². The lowest BCUT2D eigenvalue weighted by atomic mass is 9.82. The van der Waals surface area contributed by atoms with E-state index >= 15 is 0 Å². The number of rotatable bonds is 6. The Morgan fingerprint density at radius 1 is 0.386 bits per heavy atom. The van der Waals surface area contributed by atoms with Crippen molar-refractivity contribution in [2.45, 2.75) is 19.3 Å². The van der Waals surface area contributed by atoms with Gasteiger partial charge in [0.05, 0.1) is 5.69 Å². The average molecular weight is 730 g/mol. The highest BCUT2D eigenvalue weighted by molar-refractivity contribution is 6.16. The van der Waals surface area contributed by atoms with Gasteiger partial charge in [-0.2, -0.15) is 0 Å². The first-order chi connectivity index (χ1) is 28.0. The standard InChI is InChI=1S/C55H39NO/c1-55(2)49-23-10-8-20-44(49)45-31-30-43(35-50(45)55)56(42-28-26-37(27-29-42)39-19-12-18-38(32-39)36-14-4-3-5-15-36)51-24-11-9-21-46(51)47-22-13-25-52-54(47)48-33-40-16-6-7-17-41(40)34-53(48)57-52/h3-35H,1-2H3. The highest BCUT2D eigenvalue weighted by atomic mass is 16.3. The van der Waals surface area contributed by atoms with E-state index in [1.54, 1.807) is 0 Å². The first-order valence-corrected chi connectivity index (χ1v) is 19.8. The predicted octanol–water partition coefficient (Wildman–Crippen LogP) is 15.5. The summed E-state index contributed by atoms with van der Waals surface area (Å²) >= 11 is 0. The number of fused-ring (bicyclic) bond motifs is 7. The molecule has 0 fully saturated rings. The molecule has 0 radical (unpaired) electrons. The van der Waals surface area contributed by atoms with Gasteiger partial charge in [0.25, 0.3) is 0 Å². The summed E-state index contributed by atoms with van der Waals surface area (Å²) < 4.78 is 6.57. The topological polar surface area (TPSA) is 16.4 Å². The molecule has 0 aliphatic heterocycles. The van der Waals surface area contributed by atoms with E-state index in [-0.39, 0.29) is 5.41 Å². The molecule has 0 spiro atoms. The van der Waals surface area contributed by atoms with Gasteiger partial charge in [-0.15, -0.1) is 0 Å². The maximum atomic E-state index is 6.57. The third-order valence-electron chi connectivity index (χ3n) is 12.1. The summed E-state index contributed by atoms with van der Waals surface area (Å²) in [6.45, 7) is 4.71. The van der Waals surface area contributed by atoms with E-state index in [0.29, 0.717) is 0 Å². The van der Waals surface area contributed by atoms with Gasteiger partial charge in [0.2, 0.25) is 0 Å². The summed E-state index contributed by atoms with van der Waals surface area (Å²) in [6, 6.07) is 72.7. The van der Waals surface area contributed by atoms with Gasteiger partial charge in [-0.25, -0.2) is 0 Å². The fourth-order valence-electron chi connectivity index (χ4n) is 9.20. The van der Waals surface area contributed by atoms with Crippen molar-refractivity contribution in [2.24, 2.45) is 0 Å². The second-order valence-corrected chi connectivity index (χ2v) is 15.7. The van der Waals surface area contributed by atoms with Crippen LogP contribution in [0.2, 0.25) is 0 Å².